The molecule has 0 saturated heterocycles. The van der Waals surface area contributed by atoms with Gasteiger partial charge in [0.05, 0.1) is 0 Å². The Labute approximate surface area is 107 Å². The SMILES string of the molecule is Clc1ccc(/C=C/C=C\c2ccccc2)cc1. The summed E-state index contributed by atoms with van der Waals surface area (Å²) in [5.74, 6) is 0. The molecule has 0 aromatic heterocycles. The van der Waals surface area contributed by atoms with Crippen molar-refractivity contribution >= 4 is 23.8 Å². The van der Waals surface area contributed by atoms with Crippen LogP contribution in [0.5, 0.6) is 0 Å². The van der Waals surface area contributed by atoms with Crippen molar-refractivity contribution in [3.8, 4) is 0 Å². The van der Waals surface area contributed by atoms with E-state index in [0.29, 0.717) is 0 Å². The summed E-state index contributed by atoms with van der Waals surface area (Å²) in [6.07, 6.45) is 8.18. The van der Waals surface area contributed by atoms with Gasteiger partial charge in [-0.05, 0) is 23.3 Å². The Morgan fingerprint density at radius 2 is 1.18 bits per heavy atom. The van der Waals surface area contributed by atoms with E-state index in [1.54, 1.807) is 0 Å². The molecule has 2 aromatic carbocycles. The average Bonchev–Trinajstić information content (AvgIpc) is 2.38. The van der Waals surface area contributed by atoms with E-state index in [1.165, 1.54) is 5.56 Å². The van der Waals surface area contributed by atoms with Crippen molar-refractivity contribution in [1.29, 1.82) is 0 Å². The first-order valence-corrected chi connectivity index (χ1v) is 5.88. The molecule has 0 unspecified atom stereocenters. The Morgan fingerprint density at radius 3 is 1.76 bits per heavy atom. The highest BCUT2D eigenvalue weighted by Gasteiger charge is 1.86. The fraction of sp³-hybridized carbons (Fsp3) is 0. The summed E-state index contributed by atoms with van der Waals surface area (Å²) in [5, 5.41) is 0.766. The molecule has 0 N–H and O–H groups in total. The molecule has 0 atom stereocenters. The fourth-order valence-electron chi connectivity index (χ4n) is 1.47. The average molecular weight is 241 g/mol. The molecule has 0 aliphatic rings. The Morgan fingerprint density at radius 1 is 0.647 bits per heavy atom. The number of allylic oxidation sites excluding steroid dienone is 2. The van der Waals surface area contributed by atoms with Crippen molar-refractivity contribution in [2.24, 2.45) is 0 Å². The van der Waals surface area contributed by atoms with Crippen LogP contribution < -0.4 is 0 Å². The molecule has 84 valence electrons. The molecule has 0 aliphatic carbocycles. The van der Waals surface area contributed by atoms with Gasteiger partial charge < -0.3 is 0 Å². The molecule has 0 radical (unpaired) electrons. The van der Waals surface area contributed by atoms with Crippen molar-refractivity contribution in [2.45, 2.75) is 0 Å². The van der Waals surface area contributed by atoms with Crippen molar-refractivity contribution in [2.75, 3.05) is 0 Å². The van der Waals surface area contributed by atoms with E-state index >= 15 is 0 Å². The summed E-state index contributed by atoms with van der Waals surface area (Å²) in [6.45, 7) is 0. The van der Waals surface area contributed by atoms with Crippen molar-refractivity contribution in [3.05, 3.63) is 82.9 Å². The van der Waals surface area contributed by atoms with Gasteiger partial charge in [-0.3, -0.25) is 0 Å². The van der Waals surface area contributed by atoms with Crippen LogP contribution in [0, 0.1) is 0 Å². The minimum Gasteiger partial charge on any atom is -0.0843 e. The van der Waals surface area contributed by atoms with E-state index in [4.69, 9.17) is 11.6 Å². The quantitative estimate of drug-likeness (QED) is 0.658. The lowest BCUT2D eigenvalue weighted by Crippen LogP contribution is -1.70. The molecule has 0 spiro atoms. The second-order valence-corrected chi connectivity index (χ2v) is 4.12. The second kappa shape index (κ2) is 6.07. The van der Waals surface area contributed by atoms with E-state index in [9.17, 15) is 0 Å². The van der Waals surface area contributed by atoms with E-state index in [-0.39, 0.29) is 0 Å². The second-order valence-electron chi connectivity index (χ2n) is 3.68. The van der Waals surface area contributed by atoms with Gasteiger partial charge in [0.1, 0.15) is 0 Å². The molecule has 0 heterocycles. The first-order valence-electron chi connectivity index (χ1n) is 5.50. The van der Waals surface area contributed by atoms with Crippen LogP contribution in [0.3, 0.4) is 0 Å². The van der Waals surface area contributed by atoms with Gasteiger partial charge in [-0.2, -0.15) is 0 Å². The third-order valence-corrected chi connectivity index (χ3v) is 2.61. The fourth-order valence-corrected chi connectivity index (χ4v) is 1.60. The van der Waals surface area contributed by atoms with Crippen LogP contribution >= 0.6 is 11.6 Å². The van der Waals surface area contributed by atoms with E-state index < -0.39 is 0 Å². The first kappa shape index (κ1) is 11.7. The molecular weight excluding hydrogens is 228 g/mol. The van der Waals surface area contributed by atoms with Crippen LogP contribution in [0.25, 0.3) is 12.2 Å². The maximum Gasteiger partial charge on any atom is 0.0406 e. The Hall–Kier alpha value is -1.79. The molecule has 0 nitrogen and oxygen atoms in total. The standard InChI is InChI=1S/C16H13Cl/c17-16-12-10-15(11-13-16)9-5-4-8-14-6-2-1-3-7-14/h1-13H/b8-4-,9-5+. The predicted octanol–water partition coefficient (Wildman–Crippen LogP) is 5.07. The Kier molecular flexibility index (Phi) is 4.17. The minimum atomic E-state index is 0.766. The summed E-state index contributed by atoms with van der Waals surface area (Å²) >= 11 is 5.81. The maximum atomic E-state index is 5.81. The molecule has 0 amide bonds. The highest BCUT2D eigenvalue weighted by molar-refractivity contribution is 6.30. The first-order chi connectivity index (χ1) is 8.34. The van der Waals surface area contributed by atoms with Crippen LogP contribution in [-0.2, 0) is 0 Å². The third kappa shape index (κ3) is 3.93. The highest BCUT2D eigenvalue weighted by atomic mass is 35.5. The van der Waals surface area contributed by atoms with Crippen LogP contribution in [-0.4, -0.2) is 0 Å². The van der Waals surface area contributed by atoms with Crippen LogP contribution in [0.4, 0.5) is 0 Å². The smallest absolute Gasteiger partial charge is 0.0406 e. The number of halogens is 1. The summed E-state index contributed by atoms with van der Waals surface area (Å²) < 4.78 is 0. The minimum absolute atomic E-state index is 0.766. The number of benzene rings is 2. The lowest BCUT2D eigenvalue weighted by Gasteiger charge is -1.92. The van der Waals surface area contributed by atoms with Gasteiger partial charge in [0, 0.05) is 5.02 Å². The molecule has 1 heteroatoms. The largest absolute Gasteiger partial charge is 0.0843 e. The van der Waals surface area contributed by atoms with Gasteiger partial charge in [-0.25, -0.2) is 0 Å². The van der Waals surface area contributed by atoms with E-state index in [1.807, 2.05) is 54.6 Å². The van der Waals surface area contributed by atoms with Crippen LogP contribution in [0.1, 0.15) is 11.1 Å². The molecular formula is C16H13Cl. The Balaban J connectivity index is 1.98. The van der Waals surface area contributed by atoms with Gasteiger partial charge in [0.15, 0.2) is 0 Å². The molecule has 2 rings (SSSR count). The van der Waals surface area contributed by atoms with Gasteiger partial charge >= 0.3 is 0 Å². The molecule has 2 aromatic rings. The zero-order valence-electron chi connectivity index (χ0n) is 9.38. The lowest BCUT2D eigenvalue weighted by atomic mass is 10.2. The summed E-state index contributed by atoms with van der Waals surface area (Å²) in [5.41, 5.74) is 2.35. The molecule has 0 saturated carbocycles. The van der Waals surface area contributed by atoms with Crippen LogP contribution in [0.2, 0.25) is 5.02 Å². The van der Waals surface area contributed by atoms with Gasteiger partial charge in [0.2, 0.25) is 0 Å². The molecule has 0 fully saturated rings. The van der Waals surface area contributed by atoms with Gasteiger partial charge in [-0.1, -0.05) is 78.4 Å². The zero-order chi connectivity index (χ0) is 11.9. The molecule has 0 aliphatic heterocycles. The normalized spacial score (nSPS) is 11.4. The van der Waals surface area contributed by atoms with E-state index in [2.05, 4.69) is 24.3 Å². The van der Waals surface area contributed by atoms with Crippen molar-refractivity contribution in [1.82, 2.24) is 0 Å². The molecule has 0 bridgehead atoms. The zero-order valence-corrected chi connectivity index (χ0v) is 10.1. The number of hydrogen-bond acceptors (Lipinski definition) is 0. The predicted molar refractivity (Wildman–Crippen MR) is 76.0 cm³/mol. The summed E-state index contributed by atoms with van der Waals surface area (Å²) in [4.78, 5) is 0. The highest BCUT2D eigenvalue weighted by Crippen LogP contribution is 2.10. The van der Waals surface area contributed by atoms with Gasteiger partial charge in [-0.15, -0.1) is 0 Å². The van der Waals surface area contributed by atoms with Crippen molar-refractivity contribution < 1.29 is 0 Å². The van der Waals surface area contributed by atoms with Gasteiger partial charge in [0.25, 0.3) is 0 Å². The topological polar surface area (TPSA) is 0 Å². The number of hydrogen-bond donors (Lipinski definition) is 0. The maximum absolute atomic E-state index is 5.81. The molecule has 17 heavy (non-hydrogen) atoms. The van der Waals surface area contributed by atoms with E-state index in [0.717, 1.165) is 10.6 Å². The lowest BCUT2D eigenvalue weighted by molar-refractivity contribution is 1.65. The Bertz CT molecular complexity index is 507. The summed E-state index contributed by atoms with van der Waals surface area (Å²) in [6, 6.07) is 18.0. The van der Waals surface area contributed by atoms with Crippen molar-refractivity contribution in [3.63, 3.8) is 0 Å². The summed E-state index contributed by atoms with van der Waals surface area (Å²) in [7, 11) is 0. The monoisotopic (exact) mass is 240 g/mol. The number of rotatable bonds is 3. The third-order valence-electron chi connectivity index (χ3n) is 2.36. The van der Waals surface area contributed by atoms with Crippen LogP contribution in [0.15, 0.2) is 66.7 Å².